The van der Waals surface area contributed by atoms with Crippen molar-refractivity contribution < 1.29 is 24.3 Å². The summed E-state index contributed by atoms with van der Waals surface area (Å²) >= 11 is 4.09. The largest absolute Gasteiger partial charge is 0.480 e. The van der Waals surface area contributed by atoms with Crippen molar-refractivity contribution in [2.24, 2.45) is 11.5 Å². The molecule has 1 aromatic rings. The zero-order valence-corrected chi connectivity index (χ0v) is 18.2. The Morgan fingerprint density at radius 1 is 1.10 bits per heavy atom. The van der Waals surface area contributed by atoms with E-state index in [0.29, 0.717) is 25.1 Å². The van der Waals surface area contributed by atoms with E-state index < -0.39 is 47.9 Å². The minimum Gasteiger partial charge on any atom is -0.480 e. The summed E-state index contributed by atoms with van der Waals surface area (Å²) in [7, 11) is 0. The van der Waals surface area contributed by atoms with Gasteiger partial charge in [-0.1, -0.05) is 0 Å². The van der Waals surface area contributed by atoms with Gasteiger partial charge < -0.3 is 37.5 Å². The van der Waals surface area contributed by atoms with Crippen LogP contribution >= 0.6 is 12.6 Å². The van der Waals surface area contributed by atoms with Gasteiger partial charge in [-0.3, -0.25) is 14.4 Å². The highest BCUT2D eigenvalue weighted by atomic mass is 32.1. The first kappa shape index (κ1) is 26.4. The fourth-order valence-electron chi connectivity index (χ4n) is 2.62. The van der Waals surface area contributed by atoms with E-state index in [1.807, 2.05) is 0 Å². The molecule has 13 heteroatoms. The Kier molecular flexibility index (Phi) is 11.6. The van der Waals surface area contributed by atoms with Gasteiger partial charge in [0.05, 0.1) is 12.4 Å². The van der Waals surface area contributed by atoms with Gasteiger partial charge in [0.15, 0.2) is 0 Å². The van der Waals surface area contributed by atoms with Crippen LogP contribution in [0.15, 0.2) is 12.5 Å². The van der Waals surface area contributed by atoms with Gasteiger partial charge in [0.1, 0.15) is 18.1 Å². The third-order valence-electron chi connectivity index (χ3n) is 4.40. The van der Waals surface area contributed by atoms with Crippen LogP contribution in [-0.4, -0.2) is 75.2 Å². The maximum atomic E-state index is 12.8. The first-order chi connectivity index (χ1) is 14.7. The second-order valence-corrected chi connectivity index (χ2v) is 7.42. The zero-order chi connectivity index (χ0) is 23.4. The Morgan fingerprint density at radius 2 is 1.71 bits per heavy atom. The molecule has 1 aromatic heterocycles. The number of hydrogen-bond acceptors (Lipinski definition) is 8. The Bertz CT molecular complexity index is 729. The van der Waals surface area contributed by atoms with Crippen molar-refractivity contribution >= 4 is 36.3 Å². The summed E-state index contributed by atoms with van der Waals surface area (Å²) in [4.78, 5) is 55.5. The third kappa shape index (κ3) is 9.36. The van der Waals surface area contributed by atoms with Crippen molar-refractivity contribution in [1.82, 2.24) is 25.9 Å². The lowest BCUT2D eigenvalue weighted by atomic mass is 10.1. The Balaban J connectivity index is 2.83. The number of nitrogens with two attached hydrogens (primary N) is 2. The molecular weight excluding hydrogens is 426 g/mol. The maximum Gasteiger partial charge on any atom is 0.326 e. The van der Waals surface area contributed by atoms with Gasteiger partial charge in [0, 0.05) is 24.1 Å². The molecule has 0 aliphatic heterocycles. The van der Waals surface area contributed by atoms with Crippen molar-refractivity contribution in [2.75, 3.05) is 12.3 Å². The summed E-state index contributed by atoms with van der Waals surface area (Å²) in [6, 6.07) is -4.10. The van der Waals surface area contributed by atoms with Gasteiger partial charge in [0.2, 0.25) is 17.7 Å². The molecule has 31 heavy (non-hydrogen) atoms. The molecule has 0 spiro atoms. The van der Waals surface area contributed by atoms with Crippen LogP contribution in [0.3, 0.4) is 0 Å². The molecule has 0 saturated carbocycles. The number of unbranched alkanes of at least 4 members (excludes halogenated alkanes) is 1. The van der Waals surface area contributed by atoms with E-state index in [-0.39, 0.29) is 18.6 Å². The van der Waals surface area contributed by atoms with E-state index in [9.17, 15) is 24.3 Å². The predicted octanol–water partition coefficient (Wildman–Crippen LogP) is -2.10. The molecule has 0 saturated heterocycles. The SMILES string of the molecule is CC(N)C(=O)NC(Cc1cnc[nH]1)C(=O)NC(CS)C(=O)NC(CCCCN)C(=O)O. The molecule has 174 valence electrons. The number of carboxylic acid groups (broad SMARTS) is 1. The standard InChI is InChI=1S/C18H31N7O5S/c1-10(20)15(26)24-13(6-11-7-21-9-22-11)16(27)25-14(8-31)17(28)23-12(18(29)30)4-2-3-5-19/h7,9-10,12-14,31H,2-6,8,19-20H2,1H3,(H,21,22)(H,23,28)(H,24,26)(H,25,27)(H,29,30). The molecule has 0 radical (unpaired) electrons. The molecule has 0 aliphatic carbocycles. The lowest BCUT2D eigenvalue weighted by molar-refractivity contribution is -0.142. The lowest BCUT2D eigenvalue weighted by Crippen LogP contribution is -2.58. The molecule has 1 heterocycles. The summed E-state index contributed by atoms with van der Waals surface area (Å²) in [6.07, 6.45) is 4.38. The molecule has 12 nitrogen and oxygen atoms in total. The van der Waals surface area contributed by atoms with Crippen molar-refractivity contribution in [3.8, 4) is 0 Å². The normalized spacial score (nSPS) is 14.7. The van der Waals surface area contributed by atoms with Gasteiger partial charge in [-0.15, -0.1) is 0 Å². The third-order valence-corrected chi connectivity index (χ3v) is 4.77. The molecule has 3 amide bonds. The van der Waals surface area contributed by atoms with Gasteiger partial charge >= 0.3 is 5.97 Å². The predicted molar refractivity (Wildman–Crippen MR) is 116 cm³/mol. The van der Waals surface area contributed by atoms with Crippen molar-refractivity contribution in [3.63, 3.8) is 0 Å². The van der Waals surface area contributed by atoms with E-state index in [1.54, 1.807) is 0 Å². The fourth-order valence-corrected chi connectivity index (χ4v) is 2.87. The topological polar surface area (TPSA) is 205 Å². The summed E-state index contributed by atoms with van der Waals surface area (Å²) < 4.78 is 0. The van der Waals surface area contributed by atoms with Gasteiger partial charge in [-0.05, 0) is 32.7 Å². The number of aromatic amines is 1. The summed E-state index contributed by atoms with van der Waals surface area (Å²) in [6.45, 7) is 1.89. The number of hydrogen-bond donors (Lipinski definition) is 8. The van der Waals surface area contributed by atoms with Crippen LogP contribution in [0.2, 0.25) is 0 Å². The van der Waals surface area contributed by atoms with Gasteiger partial charge in [-0.2, -0.15) is 12.6 Å². The average molecular weight is 458 g/mol. The number of H-pyrrole nitrogens is 1. The summed E-state index contributed by atoms with van der Waals surface area (Å²) in [5, 5.41) is 16.8. The highest BCUT2D eigenvalue weighted by Gasteiger charge is 2.29. The number of rotatable bonds is 14. The van der Waals surface area contributed by atoms with Crippen LogP contribution in [-0.2, 0) is 25.6 Å². The number of carbonyl (C=O) groups is 4. The van der Waals surface area contributed by atoms with Gasteiger partial charge in [-0.25, -0.2) is 9.78 Å². The molecule has 0 fully saturated rings. The van der Waals surface area contributed by atoms with Crippen molar-refractivity contribution in [1.29, 1.82) is 0 Å². The minimum absolute atomic E-state index is 0.0786. The Morgan fingerprint density at radius 3 is 2.23 bits per heavy atom. The highest BCUT2D eigenvalue weighted by Crippen LogP contribution is 2.04. The number of thiol groups is 1. The number of carbonyl (C=O) groups excluding carboxylic acids is 3. The number of nitrogens with one attached hydrogen (secondary N) is 4. The minimum atomic E-state index is -1.18. The number of carboxylic acids is 1. The summed E-state index contributed by atoms with van der Waals surface area (Å²) in [5.74, 6) is -3.14. The monoisotopic (exact) mass is 457 g/mol. The Hall–Kier alpha value is -2.64. The van der Waals surface area contributed by atoms with Crippen LogP contribution in [0.1, 0.15) is 31.9 Å². The molecule has 0 aliphatic rings. The lowest BCUT2D eigenvalue weighted by Gasteiger charge is -2.24. The quantitative estimate of drug-likeness (QED) is 0.114. The van der Waals surface area contributed by atoms with Crippen LogP contribution in [0, 0.1) is 0 Å². The van der Waals surface area contributed by atoms with E-state index in [0.717, 1.165) is 0 Å². The number of aromatic nitrogens is 2. The average Bonchev–Trinajstić information content (AvgIpc) is 3.23. The molecule has 4 atom stereocenters. The van der Waals surface area contributed by atoms with E-state index in [1.165, 1.54) is 19.4 Å². The van der Waals surface area contributed by atoms with Crippen LogP contribution in [0.25, 0.3) is 0 Å². The van der Waals surface area contributed by atoms with Crippen LogP contribution in [0.4, 0.5) is 0 Å². The number of amides is 3. The van der Waals surface area contributed by atoms with Crippen molar-refractivity contribution in [3.05, 3.63) is 18.2 Å². The first-order valence-corrected chi connectivity index (χ1v) is 10.5. The molecular formula is C18H31N7O5S. The number of imidazole rings is 1. The molecule has 0 bridgehead atoms. The van der Waals surface area contributed by atoms with Crippen LogP contribution < -0.4 is 27.4 Å². The smallest absolute Gasteiger partial charge is 0.326 e. The van der Waals surface area contributed by atoms with E-state index >= 15 is 0 Å². The Labute approximate surface area is 185 Å². The van der Waals surface area contributed by atoms with E-state index in [4.69, 9.17) is 11.5 Å². The second kappa shape index (κ2) is 13.6. The second-order valence-electron chi connectivity index (χ2n) is 7.06. The molecule has 1 rings (SSSR count). The number of nitrogens with zero attached hydrogens (tertiary/aromatic N) is 1. The first-order valence-electron chi connectivity index (χ1n) is 9.87. The molecule has 9 N–H and O–H groups in total. The fraction of sp³-hybridized carbons (Fsp3) is 0.611. The van der Waals surface area contributed by atoms with Crippen molar-refractivity contribution in [2.45, 2.75) is 56.8 Å². The van der Waals surface area contributed by atoms with Gasteiger partial charge in [0.25, 0.3) is 0 Å². The molecule has 0 aromatic carbocycles. The zero-order valence-electron chi connectivity index (χ0n) is 17.3. The highest BCUT2D eigenvalue weighted by molar-refractivity contribution is 7.80. The van der Waals surface area contributed by atoms with E-state index in [2.05, 4.69) is 38.5 Å². The molecule has 4 unspecified atom stereocenters. The number of aliphatic carboxylic acids is 1. The van der Waals surface area contributed by atoms with Crippen LogP contribution in [0.5, 0.6) is 0 Å². The summed E-state index contributed by atoms with van der Waals surface area (Å²) in [5.41, 5.74) is 11.6. The maximum absolute atomic E-state index is 12.8.